The van der Waals surface area contributed by atoms with E-state index in [4.69, 9.17) is 0 Å². The Labute approximate surface area is 161 Å². The second-order valence-corrected chi connectivity index (χ2v) is 10.2. The second-order valence-electron chi connectivity index (χ2n) is 10.2. The van der Waals surface area contributed by atoms with Gasteiger partial charge in [-0.25, -0.2) is 0 Å². The fourth-order valence-corrected chi connectivity index (χ4v) is 7.13. The van der Waals surface area contributed by atoms with Crippen molar-refractivity contribution in [2.45, 2.75) is 59.8 Å². The summed E-state index contributed by atoms with van der Waals surface area (Å²) < 4.78 is 0. The van der Waals surface area contributed by atoms with Gasteiger partial charge in [-0.3, -0.25) is 0 Å². The summed E-state index contributed by atoms with van der Waals surface area (Å²) >= 11 is 0. The lowest BCUT2D eigenvalue weighted by Gasteiger charge is -2.44. The highest BCUT2D eigenvalue weighted by Crippen LogP contribution is 2.61. The Morgan fingerprint density at radius 3 is 1.96 bits per heavy atom. The zero-order chi connectivity index (χ0) is 18.3. The molecule has 2 fully saturated rings. The molecule has 142 valence electrons. The number of hydrogen-bond donors (Lipinski definition) is 0. The zero-order valence-electron chi connectivity index (χ0n) is 17.3. The van der Waals surface area contributed by atoms with Gasteiger partial charge in [0, 0.05) is 0 Å². The van der Waals surface area contributed by atoms with Gasteiger partial charge in [0.15, 0.2) is 0 Å². The van der Waals surface area contributed by atoms with Gasteiger partial charge in [-0.05, 0) is 72.0 Å². The first kappa shape index (κ1) is 18.3. The lowest BCUT2D eigenvalue weighted by Crippen LogP contribution is -2.37. The average molecular weight is 351 g/mol. The van der Waals surface area contributed by atoms with Crippen LogP contribution in [0.4, 0.5) is 0 Å². The van der Waals surface area contributed by atoms with Crippen LogP contribution in [0.3, 0.4) is 0 Å². The number of unbranched alkanes of at least 4 members (excludes halogenated alkanes) is 1. The van der Waals surface area contributed by atoms with Crippen molar-refractivity contribution in [1.82, 2.24) is 0 Å². The van der Waals surface area contributed by atoms with Crippen LogP contribution in [0.1, 0.15) is 59.8 Å². The van der Waals surface area contributed by atoms with Crippen LogP contribution in [-0.4, -0.2) is 0 Å². The normalized spacial score (nSPS) is 43.7. The van der Waals surface area contributed by atoms with E-state index in [0.717, 1.165) is 47.3 Å². The van der Waals surface area contributed by atoms with Crippen molar-refractivity contribution in [3.05, 3.63) is 48.6 Å². The van der Waals surface area contributed by atoms with Gasteiger partial charge in [0.1, 0.15) is 0 Å². The molecule has 2 saturated carbocycles. The minimum atomic E-state index is 0.419. The van der Waals surface area contributed by atoms with Gasteiger partial charge < -0.3 is 0 Å². The van der Waals surface area contributed by atoms with Crippen molar-refractivity contribution < 1.29 is 0 Å². The molecule has 0 nitrogen and oxygen atoms in total. The number of hydrogen-bond acceptors (Lipinski definition) is 0. The topological polar surface area (TPSA) is 0 Å². The Balaban J connectivity index is 1.59. The molecule has 0 amide bonds. The molecular formula is C26H38. The molecule has 26 heavy (non-hydrogen) atoms. The lowest BCUT2D eigenvalue weighted by molar-refractivity contribution is 0.0731. The Kier molecular flexibility index (Phi) is 5.06. The maximum atomic E-state index is 2.62. The molecule has 0 aromatic rings. The summed E-state index contributed by atoms with van der Waals surface area (Å²) in [7, 11) is 0. The van der Waals surface area contributed by atoms with Gasteiger partial charge in [-0.2, -0.15) is 0 Å². The summed E-state index contributed by atoms with van der Waals surface area (Å²) in [5.41, 5.74) is 0.419. The Hall–Kier alpha value is -1.04. The maximum Gasteiger partial charge on any atom is -0.0131 e. The van der Waals surface area contributed by atoms with Crippen LogP contribution in [0, 0.1) is 52.8 Å². The average Bonchev–Trinajstić information content (AvgIpc) is 3.20. The summed E-state index contributed by atoms with van der Waals surface area (Å²) in [5, 5.41) is 0. The summed E-state index contributed by atoms with van der Waals surface area (Å²) in [4.78, 5) is 0. The molecule has 8 unspecified atom stereocenters. The fourth-order valence-electron chi connectivity index (χ4n) is 7.13. The van der Waals surface area contributed by atoms with Gasteiger partial charge in [-0.1, -0.05) is 89.1 Å². The Morgan fingerprint density at radius 1 is 0.769 bits per heavy atom. The summed E-state index contributed by atoms with van der Waals surface area (Å²) in [5.74, 6) is 6.52. The summed E-state index contributed by atoms with van der Waals surface area (Å²) in [6, 6.07) is 0. The van der Waals surface area contributed by atoms with Crippen molar-refractivity contribution >= 4 is 0 Å². The molecule has 0 aliphatic heterocycles. The third-order valence-corrected chi connectivity index (χ3v) is 8.60. The van der Waals surface area contributed by atoms with Crippen molar-refractivity contribution in [2.24, 2.45) is 52.8 Å². The van der Waals surface area contributed by atoms with Gasteiger partial charge in [-0.15, -0.1) is 0 Å². The molecule has 0 spiro atoms. The number of allylic oxidation sites excluding steroid dienone is 8. The standard InChI is InChI=1S/C26H38/c1-5-6-11-19-17-25(23-15-10-8-13-21(19)23)26(3,4)24-16-18(2)20-12-7-9-14-22(20)24/h7-10,12-15,18-25H,5-6,11,16-17H2,1-4H3. The highest BCUT2D eigenvalue weighted by molar-refractivity contribution is 5.23. The van der Waals surface area contributed by atoms with E-state index < -0.39 is 0 Å². The molecule has 8 atom stereocenters. The number of rotatable bonds is 5. The third-order valence-electron chi connectivity index (χ3n) is 8.60. The van der Waals surface area contributed by atoms with Gasteiger partial charge in [0.25, 0.3) is 0 Å². The van der Waals surface area contributed by atoms with Gasteiger partial charge in [0.05, 0.1) is 0 Å². The predicted octanol–water partition coefficient (Wildman–Crippen LogP) is 7.21. The molecule has 0 bridgehead atoms. The first-order chi connectivity index (χ1) is 12.5. The van der Waals surface area contributed by atoms with Crippen LogP contribution in [0.2, 0.25) is 0 Å². The van der Waals surface area contributed by atoms with Crippen LogP contribution in [-0.2, 0) is 0 Å². The van der Waals surface area contributed by atoms with Crippen LogP contribution < -0.4 is 0 Å². The van der Waals surface area contributed by atoms with E-state index in [1.807, 2.05) is 0 Å². The minimum Gasteiger partial charge on any atom is -0.0806 e. The van der Waals surface area contributed by atoms with E-state index in [-0.39, 0.29) is 0 Å². The first-order valence-corrected chi connectivity index (χ1v) is 11.2. The Bertz CT molecular complexity index is 616. The zero-order valence-corrected chi connectivity index (χ0v) is 17.3. The molecule has 4 rings (SSSR count). The van der Waals surface area contributed by atoms with Crippen LogP contribution in [0.5, 0.6) is 0 Å². The van der Waals surface area contributed by atoms with Gasteiger partial charge in [0.2, 0.25) is 0 Å². The van der Waals surface area contributed by atoms with Crippen molar-refractivity contribution in [3.8, 4) is 0 Å². The second kappa shape index (κ2) is 7.17. The van der Waals surface area contributed by atoms with E-state index in [1.54, 1.807) is 0 Å². The molecule has 0 heteroatoms. The van der Waals surface area contributed by atoms with E-state index in [0.29, 0.717) is 5.41 Å². The van der Waals surface area contributed by atoms with Gasteiger partial charge >= 0.3 is 0 Å². The van der Waals surface area contributed by atoms with E-state index in [2.05, 4.69) is 76.3 Å². The maximum absolute atomic E-state index is 2.62. The molecule has 0 saturated heterocycles. The number of fused-ring (bicyclic) bond motifs is 2. The Morgan fingerprint density at radius 2 is 1.31 bits per heavy atom. The van der Waals surface area contributed by atoms with Crippen LogP contribution >= 0.6 is 0 Å². The van der Waals surface area contributed by atoms with E-state index >= 15 is 0 Å². The van der Waals surface area contributed by atoms with Crippen molar-refractivity contribution in [1.29, 1.82) is 0 Å². The molecule has 4 aliphatic carbocycles. The quantitative estimate of drug-likeness (QED) is 0.491. The monoisotopic (exact) mass is 350 g/mol. The highest BCUT2D eigenvalue weighted by Gasteiger charge is 2.54. The molecule has 0 aromatic heterocycles. The fraction of sp³-hybridized carbons (Fsp3) is 0.692. The van der Waals surface area contributed by atoms with Crippen LogP contribution in [0.25, 0.3) is 0 Å². The van der Waals surface area contributed by atoms with E-state index in [9.17, 15) is 0 Å². The molecule has 0 aromatic carbocycles. The SMILES string of the molecule is CCCCC1CC(C(C)(C)C2CC(C)C3C=CC=CC32)C2C=CC=CC12. The van der Waals surface area contributed by atoms with Crippen LogP contribution in [0.15, 0.2) is 48.6 Å². The molecular weight excluding hydrogens is 312 g/mol. The summed E-state index contributed by atoms with van der Waals surface area (Å²) in [6.45, 7) is 10.1. The van der Waals surface area contributed by atoms with Crippen molar-refractivity contribution in [3.63, 3.8) is 0 Å². The predicted molar refractivity (Wildman–Crippen MR) is 113 cm³/mol. The third kappa shape index (κ3) is 2.98. The molecule has 0 radical (unpaired) electrons. The van der Waals surface area contributed by atoms with E-state index in [1.165, 1.54) is 32.1 Å². The highest BCUT2D eigenvalue weighted by atomic mass is 14.6. The molecule has 4 aliphatic rings. The molecule has 0 heterocycles. The molecule has 0 N–H and O–H groups in total. The summed E-state index contributed by atoms with van der Waals surface area (Å²) in [6.07, 6.45) is 26.4. The lowest BCUT2D eigenvalue weighted by atomic mass is 9.61. The smallest absolute Gasteiger partial charge is 0.0131 e. The minimum absolute atomic E-state index is 0.419. The first-order valence-electron chi connectivity index (χ1n) is 11.2. The van der Waals surface area contributed by atoms with Crippen molar-refractivity contribution in [2.75, 3.05) is 0 Å². The largest absolute Gasteiger partial charge is 0.0806 e.